The Morgan fingerprint density at radius 1 is 1.14 bits per heavy atom. The topological polar surface area (TPSA) is 44.8 Å². The van der Waals surface area contributed by atoms with Crippen LogP contribution in [-0.2, 0) is 9.78 Å². The highest BCUT2D eigenvalue weighted by molar-refractivity contribution is 5.89. The molecule has 0 aliphatic carbocycles. The van der Waals surface area contributed by atoms with Gasteiger partial charge < -0.3 is 4.74 Å². The third kappa shape index (κ3) is 7.71. The minimum Gasteiger partial charge on any atom is -0.494 e. The summed E-state index contributed by atoms with van der Waals surface area (Å²) in [6.07, 6.45) is 4.69. The maximum Gasteiger partial charge on any atom is 0.373 e. The Hall–Kier alpha value is -1.55. The van der Waals surface area contributed by atoms with Gasteiger partial charge >= 0.3 is 5.97 Å². The summed E-state index contributed by atoms with van der Waals surface area (Å²) in [6, 6.07) is 6.87. The fourth-order valence-corrected chi connectivity index (χ4v) is 1.64. The molecule has 0 N–H and O–H groups in total. The van der Waals surface area contributed by atoms with Gasteiger partial charge in [0.2, 0.25) is 0 Å². The number of carbonyl (C=O) groups excluding carboxylic acids is 1. The minimum atomic E-state index is -0.513. The zero-order chi connectivity index (χ0) is 15.5. The largest absolute Gasteiger partial charge is 0.494 e. The number of unbranched alkanes of at least 4 members (excludes halogenated alkanes) is 3. The molecule has 0 amide bonds. The van der Waals surface area contributed by atoms with Gasteiger partial charge in [0.1, 0.15) is 12.4 Å². The molecule has 0 saturated heterocycles. The van der Waals surface area contributed by atoms with Crippen LogP contribution < -0.4 is 4.74 Å². The van der Waals surface area contributed by atoms with E-state index >= 15 is 0 Å². The Morgan fingerprint density at radius 2 is 1.86 bits per heavy atom. The minimum absolute atomic E-state index is 0.196. The van der Waals surface area contributed by atoms with E-state index in [1.54, 1.807) is 24.3 Å². The third-order valence-electron chi connectivity index (χ3n) is 2.81. The summed E-state index contributed by atoms with van der Waals surface area (Å²) in [5.74, 6) is 0.445. The SMILES string of the molecule is CCCCCCOc1ccc(C(=O)OO[CH]C(C)C)cc1. The molecule has 0 fully saturated rings. The van der Waals surface area contributed by atoms with E-state index in [4.69, 9.17) is 9.62 Å². The van der Waals surface area contributed by atoms with E-state index < -0.39 is 5.97 Å². The molecule has 4 nitrogen and oxygen atoms in total. The monoisotopic (exact) mass is 293 g/mol. The second kappa shape index (κ2) is 10.2. The van der Waals surface area contributed by atoms with Crippen molar-refractivity contribution < 1.29 is 19.3 Å². The van der Waals surface area contributed by atoms with Gasteiger partial charge in [0.05, 0.1) is 12.2 Å². The number of hydrogen-bond acceptors (Lipinski definition) is 4. The zero-order valence-electron chi connectivity index (χ0n) is 13.1. The van der Waals surface area contributed by atoms with Gasteiger partial charge in [-0.3, -0.25) is 4.89 Å². The molecular weight excluding hydrogens is 268 g/mol. The molecule has 1 rings (SSSR count). The molecule has 0 aliphatic rings. The van der Waals surface area contributed by atoms with Crippen LogP contribution in [0.3, 0.4) is 0 Å². The Balaban J connectivity index is 2.30. The van der Waals surface area contributed by atoms with Crippen LogP contribution in [-0.4, -0.2) is 12.6 Å². The molecule has 0 saturated carbocycles. The number of benzene rings is 1. The first-order valence-electron chi connectivity index (χ1n) is 7.57. The summed E-state index contributed by atoms with van der Waals surface area (Å²) < 4.78 is 5.61. The summed E-state index contributed by atoms with van der Waals surface area (Å²) >= 11 is 0. The molecule has 1 aromatic carbocycles. The fourth-order valence-electron chi connectivity index (χ4n) is 1.64. The van der Waals surface area contributed by atoms with Gasteiger partial charge in [-0.25, -0.2) is 4.79 Å². The lowest BCUT2D eigenvalue weighted by Gasteiger charge is -2.07. The highest BCUT2D eigenvalue weighted by Crippen LogP contribution is 2.14. The molecule has 0 spiro atoms. The predicted molar refractivity (Wildman–Crippen MR) is 81.7 cm³/mol. The molecule has 117 valence electrons. The average molecular weight is 293 g/mol. The van der Waals surface area contributed by atoms with Crippen LogP contribution in [0.15, 0.2) is 24.3 Å². The van der Waals surface area contributed by atoms with Gasteiger partial charge in [-0.2, -0.15) is 4.89 Å². The predicted octanol–water partition coefficient (Wildman–Crippen LogP) is 4.55. The van der Waals surface area contributed by atoms with Crippen LogP contribution in [0, 0.1) is 12.5 Å². The summed E-state index contributed by atoms with van der Waals surface area (Å²) in [6.45, 7) is 8.21. The lowest BCUT2D eigenvalue weighted by atomic mass is 10.2. The van der Waals surface area contributed by atoms with Gasteiger partial charge in [0.25, 0.3) is 0 Å². The molecule has 1 radical (unpaired) electrons. The first-order valence-corrected chi connectivity index (χ1v) is 7.57. The van der Waals surface area contributed by atoms with Crippen molar-refractivity contribution in [2.24, 2.45) is 5.92 Å². The molecule has 21 heavy (non-hydrogen) atoms. The van der Waals surface area contributed by atoms with Gasteiger partial charge in [-0.1, -0.05) is 40.0 Å². The van der Waals surface area contributed by atoms with E-state index in [2.05, 4.69) is 11.8 Å². The highest BCUT2D eigenvalue weighted by Gasteiger charge is 2.09. The molecule has 0 unspecified atom stereocenters. The van der Waals surface area contributed by atoms with Gasteiger partial charge in [-0.15, -0.1) is 0 Å². The van der Waals surface area contributed by atoms with Crippen LogP contribution in [0.2, 0.25) is 0 Å². The Morgan fingerprint density at radius 3 is 2.48 bits per heavy atom. The molecule has 0 aromatic heterocycles. The second-order valence-corrected chi connectivity index (χ2v) is 5.28. The van der Waals surface area contributed by atoms with E-state index in [1.165, 1.54) is 25.9 Å². The van der Waals surface area contributed by atoms with E-state index in [0.29, 0.717) is 12.2 Å². The highest BCUT2D eigenvalue weighted by atomic mass is 17.2. The number of rotatable bonds is 10. The summed E-state index contributed by atoms with van der Waals surface area (Å²) in [4.78, 5) is 21.1. The van der Waals surface area contributed by atoms with Crippen LogP contribution in [0.1, 0.15) is 56.8 Å². The van der Waals surface area contributed by atoms with Crippen LogP contribution in [0.4, 0.5) is 0 Å². The normalized spacial score (nSPS) is 10.7. The molecule has 4 heteroatoms. The van der Waals surface area contributed by atoms with Gasteiger partial charge in [0, 0.05) is 0 Å². The van der Waals surface area contributed by atoms with Gasteiger partial charge in [-0.05, 0) is 36.6 Å². The fraction of sp³-hybridized carbons (Fsp3) is 0.529. The van der Waals surface area contributed by atoms with Crippen LogP contribution in [0.5, 0.6) is 5.75 Å². The Kier molecular flexibility index (Phi) is 8.51. The summed E-state index contributed by atoms with van der Waals surface area (Å²) in [7, 11) is 0. The Labute approximate surface area is 127 Å². The molecule has 0 bridgehead atoms. The number of carbonyl (C=O) groups is 1. The van der Waals surface area contributed by atoms with Crippen molar-refractivity contribution >= 4 is 5.97 Å². The van der Waals surface area contributed by atoms with Crippen molar-refractivity contribution in [3.8, 4) is 5.75 Å². The van der Waals surface area contributed by atoms with Crippen molar-refractivity contribution in [2.45, 2.75) is 46.5 Å². The number of ether oxygens (including phenoxy) is 1. The lowest BCUT2D eigenvalue weighted by Crippen LogP contribution is -2.06. The van der Waals surface area contributed by atoms with Crippen molar-refractivity contribution in [3.63, 3.8) is 0 Å². The zero-order valence-corrected chi connectivity index (χ0v) is 13.1. The van der Waals surface area contributed by atoms with Crippen LogP contribution >= 0.6 is 0 Å². The Bertz CT molecular complexity index is 398. The van der Waals surface area contributed by atoms with E-state index in [-0.39, 0.29) is 5.92 Å². The quantitative estimate of drug-likeness (QED) is 0.360. The lowest BCUT2D eigenvalue weighted by molar-refractivity contribution is -0.217. The first kappa shape index (κ1) is 17.5. The second-order valence-electron chi connectivity index (χ2n) is 5.28. The molecule has 0 aliphatic heterocycles. The third-order valence-corrected chi connectivity index (χ3v) is 2.81. The van der Waals surface area contributed by atoms with Crippen LogP contribution in [0.25, 0.3) is 0 Å². The molecular formula is C17H25O4. The standard InChI is InChI=1S/C17H25O4/c1-4-5-6-7-12-19-16-10-8-15(9-11-16)17(18)21-20-13-14(2)3/h8-11,13-14H,4-7,12H2,1-3H3. The van der Waals surface area contributed by atoms with E-state index in [9.17, 15) is 4.79 Å². The van der Waals surface area contributed by atoms with Crippen molar-refractivity contribution in [2.75, 3.05) is 6.61 Å². The first-order chi connectivity index (χ1) is 10.1. The van der Waals surface area contributed by atoms with Crippen molar-refractivity contribution in [1.29, 1.82) is 0 Å². The molecule has 1 aromatic rings. The van der Waals surface area contributed by atoms with Crippen molar-refractivity contribution in [1.82, 2.24) is 0 Å². The maximum absolute atomic E-state index is 11.7. The molecule has 0 heterocycles. The van der Waals surface area contributed by atoms with E-state index in [0.717, 1.165) is 12.2 Å². The van der Waals surface area contributed by atoms with Crippen molar-refractivity contribution in [3.05, 3.63) is 36.4 Å². The summed E-state index contributed by atoms with van der Waals surface area (Å²) in [5.41, 5.74) is 0.436. The van der Waals surface area contributed by atoms with Gasteiger partial charge in [0.15, 0.2) is 0 Å². The number of hydrogen-bond donors (Lipinski definition) is 0. The average Bonchev–Trinajstić information content (AvgIpc) is 2.47. The van der Waals surface area contributed by atoms with E-state index in [1.807, 2.05) is 13.8 Å². The summed E-state index contributed by atoms with van der Waals surface area (Å²) in [5, 5.41) is 0. The maximum atomic E-state index is 11.7. The smallest absolute Gasteiger partial charge is 0.373 e. The molecule has 0 atom stereocenters.